The summed E-state index contributed by atoms with van der Waals surface area (Å²) in [6, 6.07) is 8.37. The molecular weight excluding hydrogens is 396 g/mol. The maximum atomic E-state index is 12.8. The number of nitrogens with one attached hydrogen (secondary N) is 1. The monoisotopic (exact) mass is 416 g/mol. The lowest BCUT2D eigenvalue weighted by Gasteiger charge is -2.14. The Morgan fingerprint density at radius 1 is 1.18 bits per heavy atom. The predicted molar refractivity (Wildman–Crippen MR) is 110 cm³/mol. The van der Waals surface area contributed by atoms with E-state index in [9.17, 15) is 13.2 Å². The molecule has 2 heterocycles. The highest BCUT2D eigenvalue weighted by molar-refractivity contribution is 7.89. The SMILES string of the molecule is Cc1ccc(S(=O)(=O)N(C)C)cc1NC(=O)c1sc(-c2cccnc2)nc1C. The van der Waals surface area contributed by atoms with E-state index in [1.165, 1.54) is 37.6 Å². The summed E-state index contributed by atoms with van der Waals surface area (Å²) in [7, 11) is -0.659. The van der Waals surface area contributed by atoms with E-state index in [1.807, 2.05) is 19.1 Å². The topological polar surface area (TPSA) is 92.3 Å². The van der Waals surface area contributed by atoms with Crippen LogP contribution in [0, 0.1) is 13.8 Å². The number of aromatic nitrogens is 2. The third kappa shape index (κ3) is 3.96. The zero-order valence-electron chi connectivity index (χ0n) is 15.9. The van der Waals surface area contributed by atoms with Gasteiger partial charge in [0.2, 0.25) is 10.0 Å². The van der Waals surface area contributed by atoms with Gasteiger partial charge in [-0.3, -0.25) is 9.78 Å². The molecule has 2 aromatic heterocycles. The van der Waals surface area contributed by atoms with Gasteiger partial charge < -0.3 is 5.32 Å². The molecule has 0 radical (unpaired) electrons. The Morgan fingerprint density at radius 3 is 2.57 bits per heavy atom. The number of benzene rings is 1. The molecule has 0 saturated heterocycles. The summed E-state index contributed by atoms with van der Waals surface area (Å²) in [4.78, 5) is 21.9. The number of anilines is 1. The molecule has 0 bridgehead atoms. The number of amides is 1. The van der Waals surface area contributed by atoms with Gasteiger partial charge >= 0.3 is 0 Å². The van der Waals surface area contributed by atoms with Crippen LogP contribution in [0.15, 0.2) is 47.6 Å². The van der Waals surface area contributed by atoms with Crippen LogP contribution in [0.1, 0.15) is 20.9 Å². The Bertz CT molecular complexity index is 1120. The number of rotatable bonds is 5. The summed E-state index contributed by atoms with van der Waals surface area (Å²) in [6.07, 6.45) is 3.37. The molecule has 146 valence electrons. The highest BCUT2D eigenvalue weighted by Crippen LogP contribution is 2.29. The van der Waals surface area contributed by atoms with Gasteiger partial charge in [0.25, 0.3) is 5.91 Å². The van der Waals surface area contributed by atoms with Crippen molar-refractivity contribution in [2.24, 2.45) is 0 Å². The van der Waals surface area contributed by atoms with E-state index in [1.54, 1.807) is 25.4 Å². The lowest BCUT2D eigenvalue weighted by Crippen LogP contribution is -2.22. The quantitative estimate of drug-likeness (QED) is 0.689. The second kappa shape index (κ2) is 7.78. The lowest BCUT2D eigenvalue weighted by atomic mass is 10.2. The highest BCUT2D eigenvalue weighted by atomic mass is 32.2. The maximum absolute atomic E-state index is 12.8. The van der Waals surface area contributed by atoms with Crippen LogP contribution in [0.4, 0.5) is 5.69 Å². The number of sulfonamides is 1. The number of carbonyl (C=O) groups is 1. The molecule has 0 spiro atoms. The van der Waals surface area contributed by atoms with Crippen molar-refractivity contribution in [3.05, 3.63) is 58.9 Å². The first kappa shape index (κ1) is 20.1. The Labute approximate surface area is 168 Å². The molecule has 7 nitrogen and oxygen atoms in total. The van der Waals surface area contributed by atoms with Gasteiger partial charge in [0, 0.05) is 37.7 Å². The summed E-state index contributed by atoms with van der Waals surface area (Å²) in [6.45, 7) is 3.58. The van der Waals surface area contributed by atoms with Gasteiger partial charge in [-0.15, -0.1) is 11.3 Å². The predicted octanol–water partition coefficient (Wildman–Crippen LogP) is 3.32. The molecule has 3 aromatic rings. The molecule has 0 fully saturated rings. The molecule has 1 amide bonds. The first-order chi connectivity index (χ1) is 13.2. The number of carbonyl (C=O) groups excluding carboxylic acids is 1. The third-order valence-electron chi connectivity index (χ3n) is 4.15. The molecule has 1 aromatic carbocycles. The first-order valence-electron chi connectivity index (χ1n) is 8.42. The van der Waals surface area contributed by atoms with Crippen molar-refractivity contribution in [3.63, 3.8) is 0 Å². The van der Waals surface area contributed by atoms with Crippen molar-refractivity contribution in [2.75, 3.05) is 19.4 Å². The molecule has 0 atom stereocenters. The van der Waals surface area contributed by atoms with E-state index < -0.39 is 10.0 Å². The number of hydrogen-bond acceptors (Lipinski definition) is 6. The van der Waals surface area contributed by atoms with Crippen LogP contribution in [-0.2, 0) is 10.0 Å². The smallest absolute Gasteiger partial charge is 0.267 e. The average Bonchev–Trinajstić information content (AvgIpc) is 3.06. The van der Waals surface area contributed by atoms with Crippen molar-refractivity contribution in [1.29, 1.82) is 0 Å². The van der Waals surface area contributed by atoms with E-state index in [2.05, 4.69) is 15.3 Å². The average molecular weight is 417 g/mol. The van der Waals surface area contributed by atoms with Crippen LogP contribution in [0.5, 0.6) is 0 Å². The number of pyridine rings is 1. The van der Waals surface area contributed by atoms with E-state index in [-0.39, 0.29) is 10.8 Å². The third-order valence-corrected chi connectivity index (χ3v) is 7.16. The molecule has 28 heavy (non-hydrogen) atoms. The standard InChI is InChI=1S/C19H20N4O3S2/c1-12-7-8-15(28(25,26)23(3)4)10-16(12)22-18(24)17-13(2)21-19(27-17)14-6-5-9-20-11-14/h5-11H,1-4H3,(H,22,24). The Kier molecular flexibility index (Phi) is 5.59. The fraction of sp³-hybridized carbons (Fsp3) is 0.211. The molecule has 0 saturated carbocycles. The summed E-state index contributed by atoms with van der Waals surface area (Å²) < 4.78 is 25.9. The minimum atomic E-state index is -3.59. The first-order valence-corrected chi connectivity index (χ1v) is 10.7. The molecule has 0 unspecified atom stereocenters. The van der Waals surface area contributed by atoms with Crippen molar-refractivity contribution >= 4 is 33.0 Å². The van der Waals surface area contributed by atoms with Gasteiger partial charge in [-0.2, -0.15) is 0 Å². The molecule has 0 aliphatic heterocycles. The largest absolute Gasteiger partial charge is 0.321 e. The highest BCUT2D eigenvalue weighted by Gasteiger charge is 2.21. The molecule has 3 rings (SSSR count). The number of hydrogen-bond donors (Lipinski definition) is 1. The van der Waals surface area contributed by atoms with Crippen molar-refractivity contribution < 1.29 is 13.2 Å². The second-order valence-corrected chi connectivity index (χ2v) is 9.54. The normalized spacial score (nSPS) is 11.6. The molecule has 0 aliphatic carbocycles. The summed E-state index contributed by atoms with van der Waals surface area (Å²) >= 11 is 1.27. The molecule has 1 N–H and O–H groups in total. The van der Waals surface area contributed by atoms with Crippen LogP contribution in [-0.4, -0.2) is 42.7 Å². The summed E-state index contributed by atoms with van der Waals surface area (Å²) in [5.41, 5.74) is 2.66. The molecular formula is C19H20N4O3S2. The van der Waals surface area contributed by atoms with Crippen molar-refractivity contribution in [2.45, 2.75) is 18.7 Å². The molecule has 9 heteroatoms. The van der Waals surface area contributed by atoms with Crippen LogP contribution in [0.25, 0.3) is 10.6 Å². The van der Waals surface area contributed by atoms with Gasteiger partial charge in [0.15, 0.2) is 0 Å². The molecule has 0 aliphatic rings. The fourth-order valence-corrected chi connectivity index (χ4v) is 4.39. The van der Waals surface area contributed by atoms with E-state index in [0.717, 1.165) is 15.4 Å². The van der Waals surface area contributed by atoms with E-state index in [0.29, 0.717) is 21.3 Å². The second-order valence-electron chi connectivity index (χ2n) is 6.39. The van der Waals surface area contributed by atoms with Crippen LogP contribution in [0.2, 0.25) is 0 Å². The number of aryl methyl sites for hydroxylation is 2. The van der Waals surface area contributed by atoms with Gasteiger partial charge in [-0.05, 0) is 43.7 Å². The summed E-state index contributed by atoms with van der Waals surface area (Å²) in [5, 5.41) is 3.52. The van der Waals surface area contributed by atoms with Gasteiger partial charge in [-0.1, -0.05) is 6.07 Å². The van der Waals surface area contributed by atoms with E-state index in [4.69, 9.17) is 0 Å². The van der Waals surface area contributed by atoms with Crippen molar-refractivity contribution in [3.8, 4) is 10.6 Å². The lowest BCUT2D eigenvalue weighted by molar-refractivity contribution is 0.102. The van der Waals surface area contributed by atoms with E-state index >= 15 is 0 Å². The number of thiazole rings is 1. The van der Waals surface area contributed by atoms with Crippen molar-refractivity contribution in [1.82, 2.24) is 14.3 Å². The van der Waals surface area contributed by atoms with Gasteiger partial charge in [0.1, 0.15) is 9.88 Å². The summed E-state index contributed by atoms with van der Waals surface area (Å²) in [5.74, 6) is -0.326. The number of nitrogens with zero attached hydrogens (tertiary/aromatic N) is 3. The zero-order chi connectivity index (χ0) is 20.5. The fourth-order valence-electron chi connectivity index (χ4n) is 2.51. The minimum Gasteiger partial charge on any atom is -0.321 e. The van der Waals surface area contributed by atoms with Gasteiger partial charge in [0.05, 0.1) is 10.6 Å². The Morgan fingerprint density at radius 2 is 1.93 bits per heavy atom. The minimum absolute atomic E-state index is 0.121. The van der Waals surface area contributed by atoms with Crippen LogP contribution >= 0.6 is 11.3 Å². The van der Waals surface area contributed by atoms with Gasteiger partial charge in [-0.25, -0.2) is 17.7 Å². The Balaban J connectivity index is 1.91. The zero-order valence-corrected chi connectivity index (χ0v) is 17.6. The maximum Gasteiger partial charge on any atom is 0.267 e. The van der Waals surface area contributed by atoms with Crippen LogP contribution in [0.3, 0.4) is 0 Å². The van der Waals surface area contributed by atoms with Crippen LogP contribution < -0.4 is 5.32 Å². The Hall–Kier alpha value is -2.62.